The van der Waals surface area contributed by atoms with E-state index in [0.717, 1.165) is 19.8 Å². The number of aldehydes is 1. The van der Waals surface area contributed by atoms with Crippen LogP contribution in [0.5, 0.6) is 0 Å². The zero-order valence-corrected chi connectivity index (χ0v) is 8.42. The second kappa shape index (κ2) is 4.20. The van der Waals surface area contributed by atoms with E-state index in [0.29, 0.717) is 11.5 Å². The van der Waals surface area contributed by atoms with Crippen molar-refractivity contribution in [3.8, 4) is 0 Å². The maximum absolute atomic E-state index is 10.5. The molecule has 1 aliphatic carbocycles. The van der Waals surface area contributed by atoms with Crippen molar-refractivity contribution < 1.29 is 9.90 Å². The highest BCUT2D eigenvalue weighted by Gasteiger charge is 2.45. The summed E-state index contributed by atoms with van der Waals surface area (Å²) in [6, 6.07) is 0.767. The normalized spacial score (nSPS) is 42.1. The van der Waals surface area contributed by atoms with Crippen LogP contribution in [0.4, 0.5) is 0 Å². The van der Waals surface area contributed by atoms with E-state index >= 15 is 0 Å². The van der Waals surface area contributed by atoms with Crippen molar-refractivity contribution in [2.45, 2.75) is 44.7 Å². The monoisotopic (exact) mass is 185 g/mol. The fourth-order valence-electron chi connectivity index (χ4n) is 2.67. The van der Waals surface area contributed by atoms with Crippen LogP contribution in [0.15, 0.2) is 0 Å². The highest BCUT2D eigenvalue weighted by atomic mass is 16.2. The first-order chi connectivity index (χ1) is 6.24. The fraction of sp³-hybridized carbons (Fsp3) is 0.900. The molecule has 0 spiro atoms. The minimum Gasteiger partial charge on any atom is -0.400 e. The maximum Gasteiger partial charge on any atom is 0.136 e. The molecule has 0 bridgehead atoms. The van der Waals surface area contributed by atoms with E-state index in [1.54, 1.807) is 0 Å². The molecule has 2 unspecified atom stereocenters. The third-order valence-electron chi connectivity index (χ3n) is 3.35. The lowest BCUT2D eigenvalue weighted by Crippen LogP contribution is -2.32. The number of aliphatic hydroxyl groups is 1. The molecule has 2 aliphatic rings. The molecule has 0 aromatic rings. The lowest BCUT2D eigenvalue weighted by Gasteiger charge is -2.21. The topological polar surface area (TPSA) is 49.3 Å². The van der Waals surface area contributed by atoms with Crippen LogP contribution in [0, 0.1) is 5.41 Å². The summed E-state index contributed by atoms with van der Waals surface area (Å²) in [7, 11) is 1.00. The first-order valence-electron chi connectivity index (χ1n) is 4.91. The molecule has 0 amide bonds. The molecule has 2 rings (SSSR count). The summed E-state index contributed by atoms with van der Waals surface area (Å²) >= 11 is 0. The SMILES string of the molecule is CO.C[C@@]12CCCC1NC(C=O)C2. The van der Waals surface area contributed by atoms with Crippen molar-refractivity contribution >= 4 is 6.29 Å². The first-order valence-corrected chi connectivity index (χ1v) is 4.91. The van der Waals surface area contributed by atoms with Gasteiger partial charge in [-0.25, -0.2) is 0 Å². The highest BCUT2D eigenvalue weighted by Crippen LogP contribution is 2.45. The molecule has 1 aliphatic heterocycles. The zero-order chi connectivity index (χ0) is 9.90. The van der Waals surface area contributed by atoms with Gasteiger partial charge in [-0.05, 0) is 24.7 Å². The van der Waals surface area contributed by atoms with Gasteiger partial charge in [0.25, 0.3) is 0 Å². The Bertz CT molecular complexity index is 184. The van der Waals surface area contributed by atoms with Crippen molar-refractivity contribution in [3.63, 3.8) is 0 Å². The minimum atomic E-state index is 0.144. The van der Waals surface area contributed by atoms with Gasteiger partial charge in [-0.3, -0.25) is 0 Å². The minimum absolute atomic E-state index is 0.144. The Hall–Kier alpha value is -0.410. The summed E-state index contributed by atoms with van der Waals surface area (Å²) in [5.41, 5.74) is 0.436. The molecule has 76 valence electrons. The number of aliphatic hydroxyl groups excluding tert-OH is 1. The average Bonchev–Trinajstić information content (AvgIpc) is 2.62. The van der Waals surface area contributed by atoms with Crippen LogP contribution in [-0.2, 0) is 4.79 Å². The molecule has 3 heteroatoms. The molecular weight excluding hydrogens is 166 g/mol. The first kappa shape index (κ1) is 10.7. The third-order valence-corrected chi connectivity index (χ3v) is 3.35. The number of carbonyl (C=O) groups excluding carboxylic acids is 1. The Morgan fingerprint density at radius 1 is 1.54 bits per heavy atom. The fourth-order valence-corrected chi connectivity index (χ4v) is 2.67. The van der Waals surface area contributed by atoms with Gasteiger partial charge in [-0.2, -0.15) is 0 Å². The summed E-state index contributed by atoms with van der Waals surface area (Å²) in [4.78, 5) is 10.5. The zero-order valence-electron chi connectivity index (χ0n) is 8.42. The van der Waals surface area contributed by atoms with E-state index in [4.69, 9.17) is 5.11 Å². The van der Waals surface area contributed by atoms with Gasteiger partial charge in [0.1, 0.15) is 6.29 Å². The Kier molecular flexibility index (Phi) is 3.45. The highest BCUT2D eigenvalue weighted by molar-refractivity contribution is 5.58. The molecule has 0 aromatic carbocycles. The Balaban J connectivity index is 0.000000396. The molecule has 0 radical (unpaired) electrons. The van der Waals surface area contributed by atoms with Gasteiger partial charge in [0, 0.05) is 13.2 Å². The summed E-state index contributed by atoms with van der Waals surface area (Å²) in [6.07, 6.45) is 6.01. The quantitative estimate of drug-likeness (QED) is 0.592. The van der Waals surface area contributed by atoms with Gasteiger partial charge in [0.15, 0.2) is 0 Å². The lowest BCUT2D eigenvalue weighted by atomic mass is 9.84. The number of rotatable bonds is 1. The molecule has 2 N–H and O–H groups in total. The molecule has 3 atom stereocenters. The predicted octanol–water partition coefficient (Wildman–Crippen LogP) is 0.714. The summed E-state index contributed by atoms with van der Waals surface area (Å²) in [5.74, 6) is 0. The van der Waals surface area contributed by atoms with Crippen molar-refractivity contribution in [1.29, 1.82) is 0 Å². The standard InChI is InChI=1S/C9H15NO.CH4O/c1-9-4-2-3-8(9)10-7(5-9)6-11;1-2/h6-8,10H,2-5H2,1H3;2H,1H3/t7?,8?,9-;/m0./s1. The van der Waals surface area contributed by atoms with Crippen LogP contribution in [0.25, 0.3) is 0 Å². The van der Waals surface area contributed by atoms with Gasteiger partial charge in [0.2, 0.25) is 0 Å². The molecule has 1 heterocycles. The largest absolute Gasteiger partial charge is 0.400 e. The molecule has 1 saturated carbocycles. The maximum atomic E-state index is 10.5. The molecule has 2 fully saturated rings. The second-order valence-electron chi connectivity index (χ2n) is 4.21. The van der Waals surface area contributed by atoms with Crippen LogP contribution < -0.4 is 5.32 Å². The number of fused-ring (bicyclic) bond motifs is 1. The average molecular weight is 185 g/mol. The van der Waals surface area contributed by atoms with Crippen molar-refractivity contribution in [1.82, 2.24) is 5.32 Å². The van der Waals surface area contributed by atoms with Crippen LogP contribution in [0.3, 0.4) is 0 Å². The molecule has 0 aromatic heterocycles. The smallest absolute Gasteiger partial charge is 0.136 e. The van der Waals surface area contributed by atoms with Gasteiger partial charge in [-0.1, -0.05) is 13.3 Å². The van der Waals surface area contributed by atoms with Crippen LogP contribution in [0.1, 0.15) is 32.6 Å². The molecule has 13 heavy (non-hydrogen) atoms. The molecule has 1 saturated heterocycles. The van der Waals surface area contributed by atoms with Gasteiger partial charge in [0.05, 0.1) is 6.04 Å². The Morgan fingerprint density at radius 2 is 2.23 bits per heavy atom. The Labute approximate surface area is 79.5 Å². The van der Waals surface area contributed by atoms with Gasteiger partial charge >= 0.3 is 0 Å². The van der Waals surface area contributed by atoms with E-state index in [1.807, 2.05) is 0 Å². The van der Waals surface area contributed by atoms with E-state index in [1.165, 1.54) is 19.3 Å². The van der Waals surface area contributed by atoms with Gasteiger partial charge in [-0.15, -0.1) is 0 Å². The lowest BCUT2D eigenvalue weighted by molar-refractivity contribution is -0.109. The number of hydrogen-bond acceptors (Lipinski definition) is 3. The summed E-state index contributed by atoms with van der Waals surface area (Å²) in [6.45, 7) is 2.31. The second-order valence-corrected chi connectivity index (χ2v) is 4.21. The third kappa shape index (κ3) is 1.92. The van der Waals surface area contributed by atoms with E-state index in [9.17, 15) is 4.79 Å². The van der Waals surface area contributed by atoms with Crippen LogP contribution in [-0.4, -0.2) is 30.6 Å². The summed E-state index contributed by atoms with van der Waals surface area (Å²) < 4.78 is 0. The van der Waals surface area contributed by atoms with Crippen LogP contribution in [0.2, 0.25) is 0 Å². The Morgan fingerprint density at radius 3 is 2.77 bits per heavy atom. The van der Waals surface area contributed by atoms with Gasteiger partial charge < -0.3 is 15.2 Å². The van der Waals surface area contributed by atoms with Crippen LogP contribution >= 0.6 is 0 Å². The van der Waals surface area contributed by atoms with E-state index < -0.39 is 0 Å². The van der Waals surface area contributed by atoms with Crippen molar-refractivity contribution in [2.75, 3.05) is 7.11 Å². The molecular formula is C10H19NO2. The number of carbonyl (C=O) groups is 1. The number of hydrogen-bond donors (Lipinski definition) is 2. The van der Waals surface area contributed by atoms with Crippen molar-refractivity contribution in [2.24, 2.45) is 5.41 Å². The van der Waals surface area contributed by atoms with Crippen molar-refractivity contribution in [3.05, 3.63) is 0 Å². The summed E-state index contributed by atoms with van der Waals surface area (Å²) in [5, 5.41) is 10.4. The van der Waals surface area contributed by atoms with E-state index in [2.05, 4.69) is 12.2 Å². The number of nitrogens with one attached hydrogen (secondary N) is 1. The van der Waals surface area contributed by atoms with E-state index in [-0.39, 0.29) is 6.04 Å². The predicted molar refractivity (Wildman–Crippen MR) is 51.5 cm³/mol. The molecule has 3 nitrogen and oxygen atoms in total.